The number of carbonyl (C=O) groups excluding carboxylic acids is 6. The first-order chi connectivity index (χ1) is 25.3. The molecule has 5 amide bonds. The van der Waals surface area contributed by atoms with E-state index in [2.05, 4.69) is 48.6 Å². The molecule has 1 aromatic carbocycles. The number of nitrogens with one attached hydrogen (secondary N) is 4. The van der Waals surface area contributed by atoms with Crippen molar-refractivity contribution in [2.45, 2.75) is 144 Å². The minimum Gasteiger partial charge on any atom is -0.346 e. The van der Waals surface area contributed by atoms with Crippen LogP contribution >= 0.6 is 0 Å². The first-order valence-corrected chi connectivity index (χ1v) is 20.0. The lowest BCUT2D eigenvalue weighted by Gasteiger charge is -2.38. The molecule has 0 aromatic heterocycles. The Bertz CT molecular complexity index is 1510. The fourth-order valence-corrected chi connectivity index (χ4v) is 7.79. The third kappa shape index (κ3) is 12.0. The van der Waals surface area contributed by atoms with E-state index in [0.717, 1.165) is 36.8 Å². The molecule has 0 spiro atoms. The van der Waals surface area contributed by atoms with Crippen LogP contribution in [0.4, 0.5) is 4.79 Å². The number of fused-ring (bicyclic) bond motifs is 1. The summed E-state index contributed by atoms with van der Waals surface area (Å²) >= 11 is 0. The SMILES string of the molecule is C=CCNC(=O)C(=O)C(CCCCC)NC(=O)[C@@H]1[C@@H](C(C)C)CCN1C(=O)[C@@H](NC(=O)N[C@H](CC1CCC(=O)c2ccccc2C1)C(C)(C)C)C(C)(C)C. The van der Waals surface area contributed by atoms with Crippen molar-refractivity contribution in [3.63, 3.8) is 0 Å². The molecule has 6 atom stereocenters. The maximum absolute atomic E-state index is 14.6. The lowest BCUT2D eigenvalue weighted by atomic mass is 9.79. The number of urea groups is 1. The highest BCUT2D eigenvalue weighted by atomic mass is 16.2. The molecule has 11 nitrogen and oxygen atoms in total. The maximum Gasteiger partial charge on any atom is 0.315 e. The van der Waals surface area contributed by atoms with Gasteiger partial charge in [0, 0.05) is 31.1 Å². The molecule has 300 valence electrons. The summed E-state index contributed by atoms with van der Waals surface area (Å²) in [5.41, 5.74) is 0.795. The Morgan fingerprint density at radius 3 is 2.24 bits per heavy atom. The number of ketones is 2. The Morgan fingerprint density at radius 2 is 1.63 bits per heavy atom. The van der Waals surface area contributed by atoms with E-state index in [1.54, 1.807) is 4.90 Å². The Kier molecular flexibility index (Phi) is 16.1. The van der Waals surface area contributed by atoms with Crippen LogP contribution in [0, 0.1) is 28.6 Å². The van der Waals surface area contributed by atoms with Crippen LogP contribution in [0.15, 0.2) is 36.9 Å². The van der Waals surface area contributed by atoms with Gasteiger partial charge in [0.15, 0.2) is 5.78 Å². The Morgan fingerprint density at radius 1 is 0.944 bits per heavy atom. The summed E-state index contributed by atoms with van der Waals surface area (Å²) in [6.45, 7) is 21.9. The summed E-state index contributed by atoms with van der Waals surface area (Å²) in [7, 11) is 0. The monoisotopic (exact) mass is 750 g/mol. The zero-order valence-electron chi connectivity index (χ0n) is 34.3. The van der Waals surface area contributed by atoms with Gasteiger partial charge in [0.2, 0.25) is 17.6 Å². The molecule has 1 fully saturated rings. The van der Waals surface area contributed by atoms with Crippen molar-refractivity contribution in [3.8, 4) is 0 Å². The van der Waals surface area contributed by atoms with Gasteiger partial charge in [-0.3, -0.25) is 24.0 Å². The number of Topliss-reactive ketones (excluding diaryl/α,β-unsaturated/α-hetero) is 2. The van der Waals surface area contributed by atoms with Crippen LogP contribution in [0.2, 0.25) is 0 Å². The number of unbranched alkanes of at least 4 members (excludes halogenated alkanes) is 2. The highest BCUT2D eigenvalue weighted by molar-refractivity contribution is 6.38. The van der Waals surface area contributed by atoms with Crippen molar-refractivity contribution in [2.75, 3.05) is 13.1 Å². The van der Waals surface area contributed by atoms with Gasteiger partial charge in [-0.15, -0.1) is 6.58 Å². The van der Waals surface area contributed by atoms with E-state index in [1.807, 2.05) is 65.8 Å². The second-order valence-corrected chi connectivity index (χ2v) is 17.9. The van der Waals surface area contributed by atoms with E-state index < -0.39 is 47.2 Å². The van der Waals surface area contributed by atoms with E-state index in [0.29, 0.717) is 38.6 Å². The first kappa shape index (κ1) is 44.4. The summed E-state index contributed by atoms with van der Waals surface area (Å²) < 4.78 is 0. The van der Waals surface area contributed by atoms with Gasteiger partial charge in [0.05, 0.1) is 6.04 Å². The predicted molar refractivity (Wildman–Crippen MR) is 213 cm³/mol. The largest absolute Gasteiger partial charge is 0.346 e. The summed E-state index contributed by atoms with van der Waals surface area (Å²) in [6.07, 6.45) is 7.36. The van der Waals surface area contributed by atoms with E-state index in [4.69, 9.17) is 0 Å². The Labute approximate surface area is 323 Å². The number of hydrogen-bond acceptors (Lipinski definition) is 6. The van der Waals surface area contributed by atoms with Gasteiger partial charge >= 0.3 is 6.03 Å². The minimum absolute atomic E-state index is 0.0480. The van der Waals surface area contributed by atoms with Crippen molar-refractivity contribution in [1.82, 2.24) is 26.2 Å². The highest BCUT2D eigenvalue weighted by Crippen LogP contribution is 2.35. The minimum atomic E-state index is -1.03. The Balaban J connectivity index is 1.83. The Hall–Kier alpha value is -4.02. The van der Waals surface area contributed by atoms with E-state index in [-0.39, 0.29) is 47.4 Å². The lowest BCUT2D eigenvalue weighted by Crippen LogP contribution is -2.62. The number of nitrogens with zero attached hydrogens (tertiary/aromatic N) is 1. The lowest BCUT2D eigenvalue weighted by molar-refractivity contribution is -0.144. The summed E-state index contributed by atoms with van der Waals surface area (Å²) in [5.74, 6) is -2.16. The van der Waals surface area contributed by atoms with Gasteiger partial charge in [-0.2, -0.15) is 0 Å². The quantitative estimate of drug-likeness (QED) is 0.0689. The highest BCUT2D eigenvalue weighted by Gasteiger charge is 2.48. The van der Waals surface area contributed by atoms with E-state index in [1.165, 1.54) is 6.08 Å². The maximum atomic E-state index is 14.6. The molecule has 1 aliphatic carbocycles. The molecule has 0 bridgehead atoms. The molecule has 1 aliphatic heterocycles. The summed E-state index contributed by atoms with van der Waals surface area (Å²) in [5, 5.41) is 11.6. The molecule has 2 unspecified atom stereocenters. The van der Waals surface area contributed by atoms with Crippen LogP contribution in [-0.4, -0.2) is 77.5 Å². The first-order valence-electron chi connectivity index (χ1n) is 20.0. The van der Waals surface area contributed by atoms with Crippen LogP contribution < -0.4 is 21.3 Å². The standard InChI is InChI=1S/C43H67N5O6/c1-11-13-14-19-32(36(50)39(52)44-23-12-2)45-38(51)35-30(27(3)4)22-24-48(35)40(53)37(43(8,9)10)47-41(54)46-34(42(5,6)7)26-28-20-21-33(49)31-18-16-15-17-29(31)25-28/h12,15-18,27-28,30,32,34-35,37H,2,11,13-14,19-26H2,1,3-10H3,(H,44,52)(H,45,51)(H2,46,47,54)/t28?,30-,32?,34-,35+,37-/m1/s1. The average molecular weight is 750 g/mol. The number of hydrogen-bond donors (Lipinski definition) is 4. The number of rotatable bonds is 16. The zero-order chi connectivity index (χ0) is 40.4. The molecular weight excluding hydrogens is 683 g/mol. The third-order valence-electron chi connectivity index (χ3n) is 11.1. The van der Waals surface area contributed by atoms with E-state index >= 15 is 0 Å². The molecule has 3 rings (SSSR count). The molecule has 1 heterocycles. The van der Waals surface area contributed by atoms with Crippen molar-refractivity contribution >= 4 is 35.3 Å². The number of likely N-dealkylation sites (tertiary alicyclic amines) is 1. The van der Waals surface area contributed by atoms with Gasteiger partial charge in [-0.25, -0.2) is 4.79 Å². The van der Waals surface area contributed by atoms with Crippen LogP contribution in [0.5, 0.6) is 0 Å². The van der Waals surface area contributed by atoms with Gasteiger partial charge < -0.3 is 26.2 Å². The second-order valence-electron chi connectivity index (χ2n) is 17.9. The number of benzene rings is 1. The molecule has 2 aliphatic rings. The molecule has 1 saturated heterocycles. The van der Waals surface area contributed by atoms with Gasteiger partial charge in [-0.1, -0.05) is 112 Å². The molecule has 54 heavy (non-hydrogen) atoms. The van der Waals surface area contributed by atoms with Crippen LogP contribution in [-0.2, 0) is 25.6 Å². The van der Waals surface area contributed by atoms with E-state index in [9.17, 15) is 28.8 Å². The predicted octanol–water partition coefficient (Wildman–Crippen LogP) is 6.15. The summed E-state index contributed by atoms with van der Waals surface area (Å²) in [4.78, 5) is 83.0. The van der Waals surface area contributed by atoms with Gasteiger partial charge in [0.25, 0.3) is 5.91 Å². The van der Waals surface area contributed by atoms with Crippen molar-refractivity contribution in [1.29, 1.82) is 0 Å². The van der Waals surface area contributed by atoms with Crippen molar-refractivity contribution < 1.29 is 28.8 Å². The molecule has 1 aromatic rings. The van der Waals surface area contributed by atoms with Gasteiger partial charge in [0.1, 0.15) is 12.1 Å². The van der Waals surface area contributed by atoms with Crippen molar-refractivity contribution in [3.05, 3.63) is 48.0 Å². The third-order valence-corrected chi connectivity index (χ3v) is 11.1. The fraction of sp³-hybridized carbons (Fsp3) is 0.674. The molecule has 4 N–H and O–H groups in total. The molecule has 0 saturated carbocycles. The van der Waals surface area contributed by atoms with Crippen LogP contribution in [0.25, 0.3) is 0 Å². The fourth-order valence-electron chi connectivity index (χ4n) is 7.79. The van der Waals surface area contributed by atoms with Crippen LogP contribution in [0.1, 0.15) is 130 Å². The molecule has 0 radical (unpaired) electrons. The smallest absolute Gasteiger partial charge is 0.315 e. The van der Waals surface area contributed by atoms with Crippen LogP contribution in [0.3, 0.4) is 0 Å². The normalized spacial score (nSPS) is 20.6. The van der Waals surface area contributed by atoms with Crippen molar-refractivity contribution in [2.24, 2.45) is 28.6 Å². The molecule has 11 heteroatoms. The number of amides is 5. The topological polar surface area (TPSA) is 154 Å². The van der Waals surface area contributed by atoms with Gasteiger partial charge in [-0.05, 0) is 66.3 Å². The zero-order valence-corrected chi connectivity index (χ0v) is 34.3. The number of carbonyl (C=O) groups is 6. The average Bonchev–Trinajstić information content (AvgIpc) is 3.49. The second kappa shape index (κ2) is 19.5. The molecular formula is C43H67N5O6. The summed E-state index contributed by atoms with van der Waals surface area (Å²) in [6, 6.07) is 4.16.